The first-order valence-corrected chi connectivity index (χ1v) is 14.3. The number of pyridine rings is 1. The van der Waals surface area contributed by atoms with Crippen LogP contribution in [0.1, 0.15) is 46.8 Å². The summed E-state index contributed by atoms with van der Waals surface area (Å²) >= 11 is 12.6. The van der Waals surface area contributed by atoms with Crippen LogP contribution < -0.4 is 10.2 Å². The molecule has 1 aromatic heterocycles. The van der Waals surface area contributed by atoms with E-state index in [2.05, 4.69) is 15.2 Å². The van der Waals surface area contributed by atoms with Crippen LogP contribution in [-0.2, 0) is 15.1 Å². The van der Waals surface area contributed by atoms with Crippen LogP contribution >= 0.6 is 23.2 Å². The minimum absolute atomic E-state index is 0.0850. The van der Waals surface area contributed by atoms with E-state index < -0.39 is 29.2 Å². The Hall–Kier alpha value is -3.53. The number of carboxylic acids is 1. The number of benzene rings is 2. The van der Waals surface area contributed by atoms with Crippen molar-refractivity contribution in [1.82, 2.24) is 9.88 Å². The van der Waals surface area contributed by atoms with E-state index in [9.17, 15) is 19.5 Å². The number of hydrogen-bond donors (Lipinski definition) is 2. The molecule has 4 aliphatic rings. The molecule has 1 spiro atoms. The molecular formula is C30H25Cl2FN4O4. The first kappa shape index (κ1) is 26.4. The SMILES string of the molecule is O=C(O)c1ccc(N2CC[C@H]3[C@@H](C2=O)[C@H](c2cccc(Cl)c2F)[C@]2(C(=O)Nc4cc(Cl)ccc42)N3CC2CC2)cn1. The lowest BCUT2D eigenvalue weighted by molar-refractivity contribution is -0.128. The summed E-state index contributed by atoms with van der Waals surface area (Å²) < 4.78 is 16.0. The average Bonchev–Trinajstić information content (AvgIpc) is 3.67. The molecule has 1 saturated carbocycles. The number of nitrogens with zero attached hydrogens (tertiary/aromatic N) is 3. The van der Waals surface area contributed by atoms with E-state index in [0.29, 0.717) is 47.4 Å². The third-order valence-corrected chi connectivity index (χ3v) is 9.54. The van der Waals surface area contributed by atoms with Gasteiger partial charge in [-0.2, -0.15) is 0 Å². The largest absolute Gasteiger partial charge is 0.477 e. The van der Waals surface area contributed by atoms with Crippen molar-refractivity contribution < 1.29 is 23.9 Å². The zero-order valence-electron chi connectivity index (χ0n) is 21.7. The summed E-state index contributed by atoms with van der Waals surface area (Å²) in [7, 11) is 0. The molecule has 4 atom stereocenters. The van der Waals surface area contributed by atoms with Gasteiger partial charge in [-0.25, -0.2) is 14.2 Å². The van der Waals surface area contributed by atoms with Crippen molar-refractivity contribution in [3.8, 4) is 0 Å². The number of nitrogens with one attached hydrogen (secondary N) is 1. The summed E-state index contributed by atoms with van der Waals surface area (Å²) in [6, 6.07) is 12.5. The Bertz CT molecular complexity index is 1610. The highest BCUT2D eigenvalue weighted by atomic mass is 35.5. The second-order valence-corrected chi connectivity index (χ2v) is 12.0. The number of piperidine rings is 1. The summed E-state index contributed by atoms with van der Waals surface area (Å²) in [5, 5.41) is 12.6. The normalized spacial score (nSPS) is 27.2. The van der Waals surface area contributed by atoms with Crippen LogP contribution in [0.4, 0.5) is 15.8 Å². The first-order chi connectivity index (χ1) is 19.7. The number of hydrogen-bond acceptors (Lipinski definition) is 5. The Morgan fingerprint density at radius 3 is 2.63 bits per heavy atom. The third kappa shape index (κ3) is 3.90. The summed E-state index contributed by atoms with van der Waals surface area (Å²) in [5.74, 6) is -3.73. The maximum Gasteiger partial charge on any atom is 0.354 e. The third-order valence-electron chi connectivity index (χ3n) is 9.01. The smallest absolute Gasteiger partial charge is 0.354 e. The predicted molar refractivity (Wildman–Crippen MR) is 151 cm³/mol. The number of carbonyl (C=O) groups is 3. The number of rotatable bonds is 5. The van der Waals surface area contributed by atoms with Crippen molar-refractivity contribution in [2.24, 2.45) is 11.8 Å². The quantitative estimate of drug-likeness (QED) is 0.415. The van der Waals surface area contributed by atoms with Gasteiger partial charge in [-0.15, -0.1) is 0 Å². The van der Waals surface area contributed by atoms with Gasteiger partial charge in [0.25, 0.3) is 0 Å². The molecule has 0 bridgehead atoms. The molecule has 11 heteroatoms. The van der Waals surface area contributed by atoms with E-state index in [1.807, 2.05) is 0 Å². The second kappa shape index (κ2) is 9.51. The molecule has 0 unspecified atom stereocenters. The Balaban J connectivity index is 1.43. The molecule has 0 radical (unpaired) electrons. The molecule has 4 heterocycles. The van der Waals surface area contributed by atoms with Crippen molar-refractivity contribution >= 4 is 52.4 Å². The van der Waals surface area contributed by atoms with Gasteiger partial charge in [0, 0.05) is 41.3 Å². The van der Waals surface area contributed by atoms with Gasteiger partial charge in [-0.05, 0) is 61.1 Å². The van der Waals surface area contributed by atoms with Crippen molar-refractivity contribution in [3.63, 3.8) is 0 Å². The highest BCUT2D eigenvalue weighted by Gasteiger charge is 2.70. The second-order valence-electron chi connectivity index (χ2n) is 11.2. The Kier molecular flexibility index (Phi) is 6.12. The fourth-order valence-corrected chi connectivity index (χ4v) is 7.52. The van der Waals surface area contributed by atoms with Crippen LogP contribution in [0.2, 0.25) is 10.0 Å². The number of aromatic carboxylic acids is 1. The van der Waals surface area contributed by atoms with Crippen LogP contribution in [0.25, 0.3) is 0 Å². The molecule has 3 aliphatic heterocycles. The average molecular weight is 595 g/mol. The summed E-state index contributed by atoms with van der Waals surface area (Å²) in [6.07, 6.45) is 3.94. The van der Waals surface area contributed by atoms with Gasteiger partial charge >= 0.3 is 5.97 Å². The lowest BCUT2D eigenvalue weighted by atomic mass is 9.70. The molecule has 7 rings (SSSR count). The van der Waals surface area contributed by atoms with Crippen molar-refractivity contribution in [2.75, 3.05) is 23.3 Å². The van der Waals surface area contributed by atoms with Crippen LogP contribution in [-0.4, -0.2) is 51.9 Å². The number of carbonyl (C=O) groups excluding carboxylic acids is 2. The van der Waals surface area contributed by atoms with Gasteiger partial charge in [0.05, 0.1) is 22.8 Å². The molecule has 8 nitrogen and oxygen atoms in total. The number of fused-ring (bicyclic) bond motifs is 3. The van der Waals surface area contributed by atoms with E-state index in [-0.39, 0.29) is 34.1 Å². The highest BCUT2D eigenvalue weighted by molar-refractivity contribution is 6.31. The van der Waals surface area contributed by atoms with E-state index in [1.165, 1.54) is 18.3 Å². The van der Waals surface area contributed by atoms with Crippen molar-refractivity contribution in [1.29, 1.82) is 0 Å². The van der Waals surface area contributed by atoms with Crippen molar-refractivity contribution in [3.05, 3.63) is 87.4 Å². The zero-order valence-corrected chi connectivity index (χ0v) is 23.2. The number of carboxylic acid groups (broad SMARTS) is 1. The molecule has 41 heavy (non-hydrogen) atoms. The summed E-state index contributed by atoms with van der Waals surface area (Å²) in [5.41, 5.74) is 0.369. The monoisotopic (exact) mass is 594 g/mol. The summed E-state index contributed by atoms with van der Waals surface area (Å²) in [4.78, 5) is 47.9. The Labute approximate surface area is 245 Å². The van der Waals surface area contributed by atoms with E-state index in [1.54, 1.807) is 41.3 Å². The minimum atomic E-state index is -1.36. The van der Waals surface area contributed by atoms with Crippen molar-refractivity contribution in [2.45, 2.75) is 36.8 Å². The minimum Gasteiger partial charge on any atom is -0.477 e. The zero-order chi connectivity index (χ0) is 28.6. The van der Waals surface area contributed by atoms with Gasteiger partial charge < -0.3 is 15.3 Å². The lowest BCUT2D eigenvalue weighted by Crippen LogP contribution is -2.54. The van der Waals surface area contributed by atoms with Gasteiger partial charge in [0.2, 0.25) is 11.8 Å². The van der Waals surface area contributed by atoms with Gasteiger partial charge in [-0.1, -0.05) is 41.4 Å². The van der Waals surface area contributed by atoms with Crippen LogP contribution in [0, 0.1) is 17.7 Å². The molecule has 2 saturated heterocycles. The molecule has 210 valence electrons. The molecule has 2 N–H and O–H groups in total. The molecule has 2 amide bonds. The van der Waals surface area contributed by atoms with Crippen LogP contribution in [0.15, 0.2) is 54.7 Å². The van der Waals surface area contributed by atoms with Crippen LogP contribution in [0.3, 0.4) is 0 Å². The van der Waals surface area contributed by atoms with E-state index in [4.69, 9.17) is 23.2 Å². The highest BCUT2D eigenvalue weighted by Crippen LogP contribution is 2.62. The lowest BCUT2D eigenvalue weighted by Gasteiger charge is -2.40. The number of likely N-dealkylation sites (tertiary alicyclic amines) is 1. The van der Waals surface area contributed by atoms with Gasteiger partial charge in [0.15, 0.2) is 0 Å². The molecule has 3 aromatic rings. The molecule has 3 fully saturated rings. The Morgan fingerprint density at radius 1 is 1.12 bits per heavy atom. The number of aromatic nitrogens is 1. The fraction of sp³-hybridized carbons (Fsp3) is 0.333. The Morgan fingerprint density at radius 2 is 1.93 bits per heavy atom. The maximum absolute atomic E-state index is 16.0. The molecule has 2 aromatic carbocycles. The van der Waals surface area contributed by atoms with E-state index >= 15 is 4.39 Å². The van der Waals surface area contributed by atoms with Gasteiger partial charge in [-0.3, -0.25) is 14.5 Å². The number of amides is 2. The standard InChI is InChI=1S/C30H25Cl2FN4O4/c31-16-6-8-19-22(12-16)35-29(41)30(19)25(18-2-1-3-20(32)26(18)33)24-23(37(30)14-15-4-5-15)10-11-36(27(24)38)17-7-9-21(28(39)40)34-13-17/h1-3,6-9,12-13,15,23-25H,4-5,10-11,14H2,(H,35,41)(H,39,40)/t23-,24+,25-,30+/m0/s1. The van der Waals surface area contributed by atoms with Crippen LogP contribution in [0.5, 0.6) is 0 Å². The maximum atomic E-state index is 16.0. The first-order valence-electron chi connectivity index (χ1n) is 13.5. The summed E-state index contributed by atoms with van der Waals surface area (Å²) in [6.45, 7) is 0.933. The van der Waals surface area contributed by atoms with E-state index in [0.717, 1.165) is 12.8 Å². The molecular weight excluding hydrogens is 570 g/mol. The number of anilines is 2. The topological polar surface area (TPSA) is 103 Å². The number of halogens is 3. The fourth-order valence-electron chi connectivity index (χ4n) is 7.16. The predicted octanol–water partition coefficient (Wildman–Crippen LogP) is 5.30. The molecule has 1 aliphatic carbocycles. The van der Waals surface area contributed by atoms with Gasteiger partial charge in [0.1, 0.15) is 17.1 Å².